The van der Waals surface area contributed by atoms with E-state index in [1.807, 2.05) is 6.07 Å². The number of hydrogen-bond donors (Lipinski definition) is 1. The molecule has 0 spiro atoms. The van der Waals surface area contributed by atoms with E-state index in [2.05, 4.69) is 66.9 Å². The minimum atomic E-state index is 0.318. The molecule has 1 aromatic carbocycles. The van der Waals surface area contributed by atoms with Crippen LogP contribution < -0.4 is 5.32 Å². The lowest BCUT2D eigenvalue weighted by molar-refractivity contribution is 0.805. The molecule has 1 aliphatic carbocycles. The van der Waals surface area contributed by atoms with E-state index in [0.29, 0.717) is 6.04 Å². The van der Waals surface area contributed by atoms with Crippen molar-refractivity contribution in [2.24, 2.45) is 0 Å². The van der Waals surface area contributed by atoms with Crippen molar-refractivity contribution in [1.29, 1.82) is 0 Å². The SMILES string of the molecule is CC1=C(c2ccccc2)NC2C=CC=CC2=C1. The van der Waals surface area contributed by atoms with Crippen LogP contribution in [0.5, 0.6) is 0 Å². The van der Waals surface area contributed by atoms with E-state index in [9.17, 15) is 0 Å². The van der Waals surface area contributed by atoms with Crippen molar-refractivity contribution in [3.8, 4) is 0 Å². The molecule has 0 saturated carbocycles. The molecular formula is C16H15N. The maximum absolute atomic E-state index is 3.59. The zero-order valence-electron chi connectivity index (χ0n) is 9.85. The summed E-state index contributed by atoms with van der Waals surface area (Å²) in [4.78, 5) is 0. The fraction of sp³-hybridized carbons (Fsp3) is 0.125. The second kappa shape index (κ2) is 4.10. The number of rotatable bonds is 1. The average Bonchev–Trinajstić information content (AvgIpc) is 2.39. The number of dihydropyridines is 1. The van der Waals surface area contributed by atoms with E-state index in [1.165, 1.54) is 22.4 Å². The van der Waals surface area contributed by atoms with E-state index in [1.54, 1.807) is 0 Å². The van der Waals surface area contributed by atoms with Crippen LogP contribution in [0.1, 0.15) is 12.5 Å². The predicted octanol–water partition coefficient (Wildman–Crippen LogP) is 3.44. The van der Waals surface area contributed by atoms with Crippen molar-refractivity contribution in [3.05, 3.63) is 77.4 Å². The molecule has 0 bridgehead atoms. The maximum Gasteiger partial charge on any atom is 0.0701 e. The first kappa shape index (κ1) is 10.2. The summed E-state index contributed by atoms with van der Waals surface area (Å²) in [6.45, 7) is 2.16. The van der Waals surface area contributed by atoms with Gasteiger partial charge in [-0.1, -0.05) is 60.7 Å². The first-order chi connectivity index (χ1) is 8.34. The van der Waals surface area contributed by atoms with Gasteiger partial charge in [0.2, 0.25) is 0 Å². The van der Waals surface area contributed by atoms with Crippen LogP contribution in [0.2, 0.25) is 0 Å². The highest BCUT2D eigenvalue weighted by atomic mass is 14.9. The molecule has 1 nitrogen and oxygen atoms in total. The first-order valence-corrected chi connectivity index (χ1v) is 5.94. The molecule has 17 heavy (non-hydrogen) atoms. The van der Waals surface area contributed by atoms with Gasteiger partial charge in [-0.3, -0.25) is 0 Å². The molecule has 0 saturated heterocycles. The van der Waals surface area contributed by atoms with Crippen LogP contribution in [-0.4, -0.2) is 6.04 Å². The van der Waals surface area contributed by atoms with Crippen molar-refractivity contribution in [2.75, 3.05) is 0 Å². The van der Waals surface area contributed by atoms with Crippen molar-refractivity contribution >= 4 is 5.70 Å². The Morgan fingerprint density at radius 1 is 1.06 bits per heavy atom. The van der Waals surface area contributed by atoms with Crippen LogP contribution in [0, 0.1) is 0 Å². The summed E-state index contributed by atoms with van der Waals surface area (Å²) < 4.78 is 0. The number of benzene rings is 1. The van der Waals surface area contributed by atoms with E-state index in [0.717, 1.165) is 0 Å². The van der Waals surface area contributed by atoms with E-state index < -0.39 is 0 Å². The third-order valence-electron chi connectivity index (χ3n) is 3.20. The zero-order valence-corrected chi connectivity index (χ0v) is 9.85. The summed E-state index contributed by atoms with van der Waals surface area (Å²) in [5.41, 5.74) is 5.12. The van der Waals surface area contributed by atoms with Crippen molar-refractivity contribution in [2.45, 2.75) is 13.0 Å². The predicted molar refractivity (Wildman–Crippen MR) is 72.3 cm³/mol. The average molecular weight is 221 g/mol. The van der Waals surface area contributed by atoms with Gasteiger partial charge in [0.1, 0.15) is 0 Å². The van der Waals surface area contributed by atoms with Crippen molar-refractivity contribution in [1.82, 2.24) is 5.32 Å². The highest BCUT2D eigenvalue weighted by Crippen LogP contribution is 2.26. The highest BCUT2D eigenvalue weighted by Gasteiger charge is 2.18. The fourth-order valence-corrected chi connectivity index (χ4v) is 2.33. The third-order valence-corrected chi connectivity index (χ3v) is 3.20. The Morgan fingerprint density at radius 2 is 1.88 bits per heavy atom. The van der Waals surface area contributed by atoms with Crippen LogP contribution in [0.3, 0.4) is 0 Å². The molecule has 1 aromatic rings. The quantitative estimate of drug-likeness (QED) is 0.766. The summed E-state index contributed by atoms with van der Waals surface area (Å²) in [5, 5.41) is 3.59. The summed E-state index contributed by atoms with van der Waals surface area (Å²) in [7, 11) is 0. The molecule has 0 fully saturated rings. The second-order valence-corrected chi connectivity index (χ2v) is 4.43. The Bertz CT molecular complexity index is 544. The fourth-order valence-electron chi connectivity index (χ4n) is 2.33. The van der Waals surface area contributed by atoms with Gasteiger partial charge in [0.15, 0.2) is 0 Å². The summed E-state index contributed by atoms with van der Waals surface area (Å²) in [5.74, 6) is 0. The molecule has 1 heteroatoms. The summed E-state index contributed by atoms with van der Waals surface area (Å²) in [6.07, 6.45) is 10.8. The Morgan fingerprint density at radius 3 is 2.71 bits per heavy atom. The van der Waals surface area contributed by atoms with Crippen LogP contribution in [0.25, 0.3) is 5.70 Å². The largest absolute Gasteiger partial charge is 0.374 e. The monoisotopic (exact) mass is 221 g/mol. The minimum absolute atomic E-state index is 0.318. The standard InChI is InChI=1S/C16H15N/c1-12-11-14-9-5-6-10-15(14)17-16(12)13-7-3-2-4-8-13/h2-11,15,17H,1H3. The van der Waals surface area contributed by atoms with Gasteiger partial charge < -0.3 is 5.32 Å². The van der Waals surface area contributed by atoms with Gasteiger partial charge in [-0.05, 0) is 23.6 Å². The number of hydrogen-bond acceptors (Lipinski definition) is 1. The van der Waals surface area contributed by atoms with Gasteiger partial charge >= 0.3 is 0 Å². The molecule has 2 aliphatic rings. The Balaban J connectivity index is 2.04. The molecule has 1 unspecified atom stereocenters. The van der Waals surface area contributed by atoms with Crippen LogP contribution in [0.4, 0.5) is 0 Å². The summed E-state index contributed by atoms with van der Waals surface area (Å²) in [6, 6.07) is 10.8. The Labute approximate surface area is 102 Å². The van der Waals surface area contributed by atoms with Gasteiger partial charge in [0, 0.05) is 5.70 Å². The Hall–Kier alpha value is -2.02. The van der Waals surface area contributed by atoms with Crippen LogP contribution >= 0.6 is 0 Å². The molecule has 1 N–H and O–H groups in total. The lowest BCUT2D eigenvalue weighted by atomic mass is 9.93. The first-order valence-electron chi connectivity index (χ1n) is 5.94. The maximum atomic E-state index is 3.59. The topological polar surface area (TPSA) is 12.0 Å². The van der Waals surface area contributed by atoms with E-state index >= 15 is 0 Å². The van der Waals surface area contributed by atoms with E-state index in [-0.39, 0.29) is 0 Å². The highest BCUT2D eigenvalue weighted by molar-refractivity contribution is 5.72. The lowest BCUT2D eigenvalue weighted by Crippen LogP contribution is -2.31. The molecule has 3 rings (SSSR count). The summed E-state index contributed by atoms with van der Waals surface area (Å²) >= 11 is 0. The smallest absolute Gasteiger partial charge is 0.0701 e. The van der Waals surface area contributed by atoms with Crippen LogP contribution in [-0.2, 0) is 0 Å². The van der Waals surface area contributed by atoms with Crippen LogP contribution in [0.15, 0.2) is 71.9 Å². The Kier molecular flexibility index (Phi) is 2.45. The van der Waals surface area contributed by atoms with Crippen molar-refractivity contribution in [3.63, 3.8) is 0 Å². The van der Waals surface area contributed by atoms with Gasteiger partial charge in [-0.15, -0.1) is 0 Å². The minimum Gasteiger partial charge on any atom is -0.374 e. The van der Waals surface area contributed by atoms with Gasteiger partial charge in [0.25, 0.3) is 0 Å². The molecule has 1 heterocycles. The van der Waals surface area contributed by atoms with Gasteiger partial charge in [0.05, 0.1) is 6.04 Å². The molecule has 1 atom stereocenters. The molecular weight excluding hydrogens is 206 g/mol. The molecule has 1 aliphatic heterocycles. The number of fused-ring (bicyclic) bond motifs is 1. The van der Waals surface area contributed by atoms with E-state index in [4.69, 9.17) is 0 Å². The third kappa shape index (κ3) is 1.84. The zero-order chi connectivity index (χ0) is 11.7. The van der Waals surface area contributed by atoms with Gasteiger partial charge in [-0.2, -0.15) is 0 Å². The lowest BCUT2D eigenvalue weighted by Gasteiger charge is -2.27. The number of allylic oxidation sites excluding steroid dienone is 4. The number of nitrogens with one attached hydrogen (secondary N) is 1. The molecule has 0 amide bonds. The molecule has 0 aromatic heterocycles. The van der Waals surface area contributed by atoms with Crippen molar-refractivity contribution < 1.29 is 0 Å². The normalized spacial score (nSPS) is 21.9. The molecule has 0 radical (unpaired) electrons. The molecule has 84 valence electrons. The second-order valence-electron chi connectivity index (χ2n) is 4.43. The van der Waals surface area contributed by atoms with Gasteiger partial charge in [-0.25, -0.2) is 0 Å².